The first kappa shape index (κ1) is 14.2. The lowest BCUT2D eigenvalue weighted by Crippen LogP contribution is -2.03. The summed E-state index contributed by atoms with van der Waals surface area (Å²) in [6.07, 6.45) is 2.21. The van der Waals surface area contributed by atoms with Crippen LogP contribution in [0.2, 0.25) is 0 Å². The number of fused-ring (bicyclic) bond motifs is 1. The van der Waals surface area contributed by atoms with E-state index in [4.69, 9.17) is 4.98 Å². The Morgan fingerprint density at radius 3 is 2.67 bits per heavy atom. The highest BCUT2D eigenvalue weighted by molar-refractivity contribution is 7.79. The summed E-state index contributed by atoms with van der Waals surface area (Å²) in [6.45, 7) is 3.10. The van der Waals surface area contributed by atoms with Crippen molar-refractivity contribution in [1.82, 2.24) is 9.55 Å². The van der Waals surface area contributed by atoms with Crippen LogP contribution in [0.1, 0.15) is 23.4 Å². The molecule has 0 aliphatic heterocycles. The first-order chi connectivity index (χ1) is 10.3. The number of nitrogens with zero attached hydrogens (tertiary/aromatic N) is 2. The quantitative estimate of drug-likeness (QED) is 0.691. The Bertz CT molecular complexity index is 732. The van der Waals surface area contributed by atoms with Gasteiger partial charge in [0.25, 0.3) is 0 Å². The normalized spacial score (nSPS) is 11.1. The van der Waals surface area contributed by atoms with Crippen LogP contribution >= 0.6 is 12.6 Å². The second-order valence-corrected chi connectivity index (χ2v) is 5.74. The van der Waals surface area contributed by atoms with Gasteiger partial charge in [-0.1, -0.05) is 36.4 Å². The standard InChI is InChI=1S/C18H20N2S/c1-14-9-10-17-16(12-14)19-18(13-21)20(17)11-5-8-15-6-3-2-4-7-15/h2-4,6-7,9-10,12,21H,5,8,11,13H2,1H3. The lowest BCUT2D eigenvalue weighted by atomic mass is 10.1. The Balaban J connectivity index is 1.79. The fourth-order valence-electron chi connectivity index (χ4n) is 2.75. The summed E-state index contributed by atoms with van der Waals surface area (Å²) in [6, 6.07) is 17.1. The molecule has 0 aliphatic rings. The van der Waals surface area contributed by atoms with E-state index < -0.39 is 0 Å². The van der Waals surface area contributed by atoms with Gasteiger partial charge < -0.3 is 4.57 Å². The molecule has 2 aromatic carbocycles. The molecular weight excluding hydrogens is 276 g/mol. The Morgan fingerprint density at radius 2 is 1.90 bits per heavy atom. The minimum Gasteiger partial charge on any atom is -0.327 e. The van der Waals surface area contributed by atoms with Crippen LogP contribution in [-0.2, 0) is 18.7 Å². The number of benzene rings is 2. The Kier molecular flexibility index (Phi) is 4.30. The van der Waals surface area contributed by atoms with E-state index >= 15 is 0 Å². The van der Waals surface area contributed by atoms with Crippen molar-refractivity contribution in [2.45, 2.75) is 32.1 Å². The monoisotopic (exact) mass is 296 g/mol. The van der Waals surface area contributed by atoms with E-state index in [9.17, 15) is 0 Å². The van der Waals surface area contributed by atoms with Gasteiger partial charge in [0.1, 0.15) is 5.82 Å². The zero-order chi connectivity index (χ0) is 14.7. The summed E-state index contributed by atoms with van der Waals surface area (Å²) in [5.74, 6) is 1.74. The molecule has 0 fully saturated rings. The van der Waals surface area contributed by atoms with Crippen LogP contribution in [0.15, 0.2) is 48.5 Å². The van der Waals surface area contributed by atoms with Crippen LogP contribution in [0.3, 0.4) is 0 Å². The first-order valence-corrected chi connectivity index (χ1v) is 8.02. The maximum Gasteiger partial charge on any atom is 0.119 e. The van der Waals surface area contributed by atoms with Crippen LogP contribution in [-0.4, -0.2) is 9.55 Å². The molecule has 0 atom stereocenters. The molecule has 0 N–H and O–H groups in total. The molecule has 3 heteroatoms. The minimum absolute atomic E-state index is 0.680. The molecule has 0 unspecified atom stereocenters. The second-order valence-electron chi connectivity index (χ2n) is 5.42. The fraction of sp³-hybridized carbons (Fsp3) is 0.278. The third-order valence-electron chi connectivity index (χ3n) is 3.81. The van der Waals surface area contributed by atoms with Gasteiger partial charge in [-0.05, 0) is 43.0 Å². The van der Waals surface area contributed by atoms with Crippen molar-refractivity contribution < 1.29 is 0 Å². The third kappa shape index (κ3) is 3.13. The molecular formula is C18H20N2S. The molecule has 21 heavy (non-hydrogen) atoms. The number of aromatic nitrogens is 2. The van der Waals surface area contributed by atoms with Gasteiger partial charge in [-0.2, -0.15) is 12.6 Å². The summed E-state index contributed by atoms with van der Waals surface area (Å²) in [7, 11) is 0. The fourth-order valence-corrected chi connectivity index (χ4v) is 2.99. The largest absolute Gasteiger partial charge is 0.327 e. The molecule has 0 saturated carbocycles. The summed E-state index contributed by atoms with van der Waals surface area (Å²) in [4.78, 5) is 4.70. The van der Waals surface area contributed by atoms with Crippen LogP contribution in [0, 0.1) is 6.92 Å². The SMILES string of the molecule is Cc1ccc2c(c1)nc(CS)n2CCCc1ccccc1. The van der Waals surface area contributed by atoms with Gasteiger partial charge in [0.15, 0.2) is 0 Å². The van der Waals surface area contributed by atoms with E-state index in [1.54, 1.807) is 0 Å². The van der Waals surface area contributed by atoms with Crippen molar-refractivity contribution in [3.05, 3.63) is 65.5 Å². The summed E-state index contributed by atoms with van der Waals surface area (Å²) < 4.78 is 2.31. The third-order valence-corrected chi connectivity index (χ3v) is 4.10. The smallest absolute Gasteiger partial charge is 0.119 e. The maximum atomic E-state index is 4.70. The Labute approximate surface area is 131 Å². The predicted octanol–water partition coefficient (Wildman–Crippen LogP) is 4.41. The van der Waals surface area contributed by atoms with Crippen molar-refractivity contribution in [2.24, 2.45) is 0 Å². The van der Waals surface area contributed by atoms with Crippen LogP contribution < -0.4 is 0 Å². The van der Waals surface area contributed by atoms with Gasteiger partial charge in [0, 0.05) is 12.3 Å². The van der Waals surface area contributed by atoms with Crippen LogP contribution in [0.4, 0.5) is 0 Å². The average Bonchev–Trinajstić information content (AvgIpc) is 2.85. The molecule has 2 nitrogen and oxygen atoms in total. The molecule has 3 aromatic rings. The molecule has 0 amide bonds. The topological polar surface area (TPSA) is 17.8 Å². The number of thiol groups is 1. The van der Waals surface area contributed by atoms with Gasteiger partial charge in [0.05, 0.1) is 11.0 Å². The number of hydrogen-bond acceptors (Lipinski definition) is 2. The van der Waals surface area contributed by atoms with Gasteiger partial charge in [-0.25, -0.2) is 4.98 Å². The van der Waals surface area contributed by atoms with Gasteiger partial charge in [-0.3, -0.25) is 0 Å². The molecule has 0 aliphatic carbocycles. The maximum absolute atomic E-state index is 4.70. The highest BCUT2D eigenvalue weighted by Crippen LogP contribution is 2.20. The minimum atomic E-state index is 0.680. The number of imidazole rings is 1. The lowest BCUT2D eigenvalue weighted by molar-refractivity contribution is 0.639. The van der Waals surface area contributed by atoms with Gasteiger partial charge >= 0.3 is 0 Å². The molecule has 1 aromatic heterocycles. The van der Waals surface area contributed by atoms with Crippen LogP contribution in [0.5, 0.6) is 0 Å². The van der Waals surface area contributed by atoms with E-state index in [0.717, 1.165) is 30.7 Å². The van der Waals surface area contributed by atoms with Crippen molar-refractivity contribution in [3.8, 4) is 0 Å². The van der Waals surface area contributed by atoms with E-state index in [2.05, 4.69) is 72.7 Å². The van der Waals surface area contributed by atoms with Crippen molar-refractivity contribution in [1.29, 1.82) is 0 Å². The van der Waals surface area contributed by atoms with Crippen LogP contribution in [0.25, 0.3) is 11.0 Å². The second kappa shape index (κ2) is 6.35. The van der Waals surface area contributed by atoms with Crippen molar-refractivity contribution >= 4 is 23.7 Å². The zero-order valence-electron chi connectivity index (χ0n) is 12.3. The first-order valence-electron chi connectivity index (χ1n) is 7.38. The molecule has 0 radical (unpaired) electrons. The highest BCUT2D eigenvalue weighted by Gasteiger charge is 2.09. The molecule has 0 spiro atoms. The number of rotatable bonds is 5. The van der Waals surface area contributed by atoms with Crippen molar-refractivity contribution in [2.75, 3.05) is 0 Å². The molecule has 108 valence electrons. The van der Waals surface area contributed by atoms with E-state index in [-0.39, 0.29) is 0 Å². The lowest BCUT2D eigenvalue weighted by Gasteiger charge is -2.08. The summed E-state index contributed by atoms with van der Waals surface area (Å²) in [5, 5.41) is 0. The van der Waals surface area contributed by atoms with Crippen molar-refractivity contribution in [3.63, 3.8) is 0 Å². The van der Waals surface area contributed by atoms with E-state index in [0.29, 0.717) is 5.75 Å². The number of aryl methyl sites for hydroxylation is 3. The zero-order valence-corrected chi connectivity index (χ0v) is 13.2. The summed E-state index contributed by atoms with van der Waals surface area (Å²) >= 11 is 4.42. The molecule has 1 heterocycles. The Morgan fingerprint density at radius 1 is 1.10 bits per heavy atom. The molecule has 3 rings (SSSR count). The van der Waals surface area contributed by atoms with E-state index in [1.807, 2.05) is 0 Å². The number of hydrogen-bond donors (Lipinski definition) is 1. The molecule has 0 bridgehead atoms. The predicted molar refractivity (Wildman–Crippen MR) is 91.9 cm³/mol. The highest BCUT2D eigenvalue weighted by atomic mass is 32.1. The average molecular weight is 296 g/mol. The van der Waals surface area contributed by atoms with Gasteiger partial charge in [-0.15, -0.1) is 0 Å². The Hall–Kier alpha value is -1.74. The summed E-state index contributed by atoms with van der Waals surface area (Å²) in [5.41, 5.74) is 4.95. The molecule has 0 saturated heterocycles. The van der Waals surface area contributed by atoms with Gasteiger partial charge in [0.2, 0.25) is 0 Å². The van der Waals surface area contributed by atoms with E-state index in [1.165, 1.54) is 16.6 Å².